The molecule has 1 aromatic carbocycles. The fraction of sp³-hybridized carbons (Fsp3) is 0.312. The van der Waals surface area contributed by atoms with Crippen molar-refractivity contribution in [3.63, 3.8) is 0 Å². The maximum atomic E-state index is 12.6. The van der Waals surface area contributed by atoms with Gasteiger partial charge in [0.2, 0.25) is 0 Å². The molecular formula is C16H16ClN3O. The quantitative estimate of drug-likeness (QED) is 0.856. The number of aromatic nitrogens is 2. The summed E-state index contributed by atoms with van der Waals surface area (Å²) in [5.74, 6) is 0.800. The van der Waals surface area contributed by atoms with Crippen LogP contribution in [-0.2, 0) is 19.5 Å². The number of fused-ring (bicyclic) bond motifs is 1. The van der Waals surface area contributed by atoms with Crippen molar-refractivity contribution in [1.29, 1.82) is 0 Å². The monoisotopic (exact) mass is 301 g/mol. The van der Waals surface area contributed by atoms with Gasteiger partial charge in [-0.25, -0.2) is 9.97 Å². The van der Waals surface area contributed by atoms with Gasteiger partial charge in [-0.15, -0.1) is 0 Å². The smallest absolute Gasteiger partial charge is 0.254 e. The van der Waals surface area contributed by atoms with Crippen molar-refractivity contribution in [1.82, 2.24) is 14.9 Å². The molecule has 0 unspecified atom stereocenters. The Bertz CT molecular complexity index is 715. The first-order valence-corrected chi connectivity index (χ1v) is 7.35. The summed E-state index contributed by atoms with van der Waals surface area (Å²) >= 11 is 6.10. The van der Waals surface area contributed by atoms with Gasteiger partial charge in [0.15, 0.2) is 0 Å². The van der Waals surface area contributed by atoms with Gasteiger partial charge in [0.25, 0.3) is 5.91 Å². The number of amides is 1. The van der Waals surface area contributed by atoms with Gasteiger partial charge in [0.1, 0.15) is 5.82 Å². The van der Waals surface area contributed by atoms with Crippen molar-refractivity contribution in [3.8, 4) is 0 Å². The number of rotatable bonds is 2. The third-order valence-electron chi connectivity index (χ3n) is 3.73. The number of aryl methyl sites for hydroxylation is 2. The van der Waals surface area contributed by atoms with Crippen LogP contribution in [-0.4, -0.2) is 20.8 Å². The molecule has 0 radical (unpaired) electrons. The molecule has 0 saturated heterocycles. The summed E-state index contributed by atoms with van der Waals surface area (Å²) in [5.41, 5.74) is 3.56. The summed E-state index contributed by atoms with van der Waals surface area (Å²) < 4.78 is 0. The third kappa shape index (κ3) is 2.63. The van der Waals surface area contributed by atoms with Gasteiger partial charge in [-0.1, -0.05) is 24.6 Å². The molecular weight excluding hydrogens is 286 g/mol. The van der Waals surface area contributed by atoms with Crippen molar-refractivity contribution >= 4 is 17.5 Å². The predicted molar refractivity (Wildman–Crippen MR) is 81.2 cm³/mol. The highest BCUT2D eigenvalue weighted by Crippen LogP contribution is 2.24. The van der Waals surface area contributed by atoms with Crippen LogP contribution in [0.3, 0.4) is 0 Å². The molecule has 21 heavy (non-hydrogen) atoms. The largest absolute Gasteiger partial charge is 0.328 e. The van der Waals surface area contributed by atoms with E-state index in [4.69, 9.17) is 11.6 Å². The molecule has 1 aliphatic rings. The predicted octanol–water partition coefficient (Wildman–Crippen LogP) is 3.16. The standard InChI is InChI=1S/C16H16ClN3O/c1-3-15-18-7-12-8-20(9-14(12)19-15)16(21)11-5-4-10(2)13(17)6-11/h4-7H,3,8-9H2,1-2H3. The molecule has 0 saturated carbocycles. The molecule has 1 aromatic heterocycles. The van der Waals surface area contributed by atoms with Crippen LogP contribution in [0.25, 0.3) is 0 Å². The van der Waals surface area contributed by atoms with Crippen molar-refractivity contribution in [2.75, 3.05) is 0 Å². The van der Waals surface area contributed by atoms with Crippen LogP contribution in [0.1, 0.15) is 39.9 Å². The van der Waals surface area contributed by atoms with Gasteiger partial charge in [0.05, 0.1) is 12.2 Å². The molecule has 4 nitrogen and oxygen atoms in total. The Morgan fingerprint density at radius 3 is 2.90 bits per heavy atom. The molecule has 0 fully saturated rings. The molecule has 0 aliphatic carbocycles. The minimum Gasteiger partial charge on any atom is -0.328 e. The molecule has 0 bridgehead atoms. The first-order chi connectivity index (χ1) is 10.1. The Morgan fingerprint density at radius 2 is 2.19 bits per heavy atom. The normalized spacial score (nSPS) is 13.4. The van der Waals surface area contributed by atoms with Crippen molar-refractivity contribution < 1.29 is 4.79 Å². The second kappa shape index (κ2) is 5.45. The summed E-state index contributed by atoms with van der Waals surface area (Å²) in [7, 11) is 0. The van der Waals surface area contributed by atoms with E-state index in [2.05, 4.69) is 9.97 Å². The van der Waals surface area contributed by atoms with E-state index in [1.807, 2.05) is 32.2 Å². The average molecular weight is 302 g/mol. The molecule has 2 heterocycles. The van der Waals surface area contributed by atoms with E-state index in [0.717, 1.165) is 29.1 Å². The van der Waals surface area contributed by atoms with E-state index in [0.29, 0.717) is 23.7 Å². The van der Waals surface area contributed by atoms with Crippen LogP contribution >= 0.6 is 11.6 Å². The van der Waals surface area contributed by atoms with E-state index < -0.39 is 0 Å². The Kier molecular flexibility index (Phi) is 3.64. The van der Waals surface area contributed by atoms with E-state index in [1.54, 1.807) is 11.0 Å². The van der Waals surface area contributed by atoms with Gasteiger partial charge in [-0.2, -0.15) is 0 Å². The number of carbonyl (C=O) groups is 1. The van der Waals surface area contributed by atoms with E-state index in [1.165, 1.54) is 0 Å². The topological polar surface area (TPSA) is 46.1 Å². The van der Waals surface area contributed by atoms with Gasteiger partial charge in [0, 0.05) is 35.3 Å². The zero-order chi connectivity index (χ0) is 15.0. The van der Waals surface area contributed by atoms with Gasteiger partial charge >= 0.3 is 0 Å². The Morgan fingerprint density at radius 1 is 1.38 bits per heavy atom. The molecule has 0 N–H and O–H groups in total. The van der Waals surface area contributed by atoms with Crippen LogP contribution < -0.4 is 0 Å². The van der Waals surface area contributed by atoms with Crippen molar-refractivity contribution in [2.45, 2.75) is 33.4 Å². The summed E-state index contributed by atoms with van der Waals surface area (Å²) in [6.07, 6.45) is 2.63. The SMILES string of the molecule is CCc1ncc2c(n1)CN(C(=O)c1ccc(C)c(Cl)c1)C2. The lowest BCUT2D eigenvalue weighted by Crippen LogP contribution is -2.25. The second-order valence-corrected chi connectivity index (χ2v) is 5.64. The van der Waals surface area contributed by atoms with Crippen LogP contribution in [0.15, 0.2) is 24.4 Å². The third-order valence-corrected chi connectivity index (χ3v) is 4.14. The number of halogens is 1. The van der Waals surface area contributed by atoms with E-state index in [9.17, 15) is 4.79 Å². The number of benzene rings is 1. The highest BCUT2D eigenvalue weighted by Gasteiger charge is 2.26. The molecule has 108 valence electrons. The van der Waals surface area contributed by atoms with Crippen molar-refractivity contribution in [3.05, 3.63) is 57.6 Å². The first kappa shape index (κ1) is 14.0. The number of hydrogen-bond acceptors (Lipinski definition) is 3. The zero-order valence-corrected chi connectivity index (χ0v) is 12.8. The Hall–Kier alpha value is -1.94. The molecule has 1 aliphatic heterocycles. The van der Waals surface area contributed by atoms with Gasteiger partial charge in [-0.05, 0) is 24.6 Å². The van der Waals surface area contributed by atoms with Crippen LogP contribution in [0.2, 0.25) is 5.02 Å². The lowest BCUT2D eigenvalue weighted by molar-refractivity contribution is 0.0750. The molecule has 0 atom stereocenters. The summed E-state index contributed by atoms with van der Waals surface area (Å²) in [5, 5.41) is 0.616. The minimum absolute atomic E-state index is 0.0204. The summed E-state index contributed by atoms with van der Waals surface area (Å²) in [6, 6.07) is 5.41. The number of nitrogens with zero attached hydrogens (tertiary/aromatic N) is 3. The fourth-order valence-electron chi connectivity index (χ4n) is 2.42. The van der Waals surface area contributed by atoms with Gasteiger partial charge < -0.3 is 4.90 Å². The minimum atomic E-state index is -0.0204. The maximum absolute atomic E-state index is 12.6. The molecule has 5 heteroatoms. The number of hydrogen-bond donors (Lipinski definition) is 0. The highest BCUT2D eigenvalue weighted by atomic mass is 35.5. The van der Waals surface area contributed by atoms with E-state index >= 15 is 0 Å². The van der Waals surface area contributed by atoms with Crippen LogP contribution in [0.4, 0.5) is 0 Å². The highest BCUT2D eigenvalue weighted by molar-refractivity contribution is 6.31. The van der Waals surface area contributed by atoms with Crippen LogP contribution in [0.5, 0.6) is 0 Å². The first-order valence-electron chi connectivity index (χ1n) is 6.97. The van der Waals surface area contributed by atoms with Crippen molar-refractivity contribution in [2.24, 2.45) is 0 Å². The molecule has 1 amide bonds. The number of carbonyl (C=O) groups excluding carboxylic acids is 1. The Labute approximate surface area is 128 Å². The average Bonchev–Trinajstić information content (AvgIpc) is 2.92. The maximum Gasteiger partial charge on any atom is 0.254 e. The molecule has 3 rings (SSSR count). The van der Waals surface area contributed by atoms with E-state index in [-0.39, 0.29) is 5.91 Å². The second-order valence-electron chi connectivity index (χ2n) is 5.24. The zero-order valence-electron chi connectivity index (χ0n) is 12.1. The lowest BCUT2D eigenvalue weighted by Gasteiger charge is -2.15. The molecule has 0 spiro atoms. The van der Waals surface area contributed by atoms with Gasteiger partial charge in [-0.3, -0.25) is 4.79 Å². The molecule has 2 aromatic rings. The fourth-order valence-corrected chi connectivity index (χ4v) is 2.60. The lowest BCUT2D eigenvalue weighted by atomic mass is 10.1. The summed E-state index contributed by atoms with van der Waals surface area (Å²) in [4.78, 5) is 23.1. The van der Waals surface area contributed by atoms with Crippen LogP contribution in [0, 0.1) is 6.92 Å². The Balaban J connectivity index is 1.83. The summed E-state index contributed by atoms with van der Waals surface area (Å²) in [6.45, 7) is 5.04.